The first kappa shape index (κ1) is 16.5. The lowest BCUT2D eigenvalue weighted by molar-refractivity contribution is 0.0547. The van der Waals surface area contributed by atoms with Crippen LogP contribution in [-0.4, -0.2) is 44.8 Å². The average Bonchev–Trinajstić information content (AvgIpc) is 2.48. The summed E-state index contributed by atoms with van der Waals surface area (Å²) in [6.45, 7) is 9.44. The molecule has 0 saturated carbocycles. The Morgan fingerprint density at radius 2 is 1.90 bits per heavy atom. The number of hydrogen-bond donors (Lipinski definition) is 1. The molecule has 3 nitrogen and oxygen atoms in total. The maximum absolute atomic E-state index is 5.45. The number of likely N-dealkylation sites (N-methyl/N-ethyl adjacent to an activating group) is 2. The van der Waals surface area contributed by atoms with Gasteiger partial charge in [-0.25, -0.2) is 0 Å². The topological polar surface area (TPSA) is 24.5 Å². The van der Waals surface area contributed by atoms with Gasteiger partial charge in [-0.3, -0.25) is 0 Å². The summed E-state index contributed by atoms with van der Waals surface area (Å²) in [5.74, 6) is 0.795. The fourth-order valence-electron chi connectivity index (χ4n) is 3.09. The lowest BCUT2D eigenvalue weighted by Gasteiger charge is -2.30. The SMILES string of the molecule is CCNC(CN(C)CC1CCOCC1)c1ccc(C)cc1. The van der Waals surface area contributed by atoms with Crippen molar-refractivity contribution < 1.29 is 4.74 Å². The molecule has 21 heavy (non-hydrogen) atoms. The van der Waals surface area contributed by atoms with Crippen molar-refractivity contribution in [1.82, 2.24) is 10.2 Å². The van der Waals surface area contributed by atoms with Gasteiger partial charge in [0, 0.05) is 32.3 Å². The van der Waals surface area contributed by atoms with Crippen LogP contribution in [0, 0.1) is 12.8 Å². The van der Waals surface area contributed by atoms with E-state index in [4.69, 9.17) is 4.74 Å². The van der Waals surface area contributed by atoms with Crippen LogP contribution < -0.4 is 5.32 Å². The van der Waals surface area contributed by atoms with Crippen molar-refractivity contribution in [1.29, 1.82) is 0 Å². The molecule has 1 heterocycles. The minimum absolute atomic E-state index is 0.417. The first-order valence-corrected chi connectivity index (χ1v) is 8.25. The highest BCUT2D eigenvalue weighted by Gasteiger charge is 2.18. The van der Waals surface area contributed by atoms with Crippen LogP contribution in [0.3, 0.4) is 0 Å². The van der Waals surface area contributed by atoms with E-state index >= 15 is 0 Å². The van der Waals surface area contributed by atoms with Gasteiger partial charge in [-0.05, 0) is 44.8 Å². The van der Waals surface area contributed by atoms with E-state index in [9.17, 15) is 0 Å². The van der Waals surface area contributed by atoms with Crippen molar-refractivity contribution in [2.75, 3.05) is 39.9 Å². The molecule has 0 aromatic heterocycles. The molecule has 1 aliphatic heterocycles. The van der Waals surface area contributed by atoms with E-state index in [-0.39, 0.29) is 0 Å². The highest BCUT2D eigenvalue weighted by Crippen LogP contribution is 2.19. The number of rotatable bonds is 7. The normalized spacial score (nSPS) is 18.1. The first-order chi connectivity index (χ1) is 10.2. The largest absolute Gasteiger partial charge is 0.381 e. The summed E-state index contributed by atoms with van der Waals surface area (Å²) >= 11 is 0. The predicted molar refractivity (Wildman–Crippen MR) is 88.6 cm³/mol. The molecule has 1 saturated heterocycles. The molecule has 118 valence electrons. The van der Waals surface area contributed by atoms with Crippen LogP contribution in [0.5, 0.6) is 0 Å². The van der Waals surface area contributed by atoms with E-state index in [0.717, 1.165) is 32.2 Å². The zero-order valence-corrected chi connectivity index (χ0v) is 13.8. The highest BCUT2D eigenvalue weighted by atomic mass is 16.5. The summed E-state index contributed by atoms with van der Waals surface area (Å²) in [6, 6.07) is 9.34. The van der Waals surface area contributed by atoms with Crippen molar-refractivity contribution in [3.8, 4) is 0 Å². The van der Waals surface area contributed by atoms with Gasteiger partial charge in [-0.1, -0.05) is 36.8 Å². The number of nitrogens with zero attached hydrogens (tertiary/aromatic N) is 1. The second kappa shape index (κ2) is 8.52. The van der Waals surface area contributed by atoms with Crippen LogP contribution in [0.1, 0.15) is 36.9 Å². The molecule has 0 spiro atoms. The van der Waals surface area contributed by atoms with Crippen molar-refractivity contribution in [2.24, 2.45) is 5.92 Å². The molecular formula is C18H30N2O. The van der Waals surface area contributed by atoms with Crippen molar-refractivity contribution in [3.63, 3.8) is 0 Å². The number of nitrogens with one attached hydrogen (secondary N) is 1. The van der Waals surface area contributed by atoms with E-state index < -0.39 is 0 Å². The molecule has 3 heteroatoms. The summed E-state index contributed by atoms with van der Waals surface area (Å²) in [6.07, 6.45) is 2.42. The fraction of sp³-hybridized carbons (Fsp3) is 0.667. The number of aryl methyl sites for hydroxylation is 1. The van der Waals surface area contributed by atoms with Crippen molar-refractivity contribution >= 4 is 0 Å². The third-order valence-corrected chi connectivity index (χ3v) is 4.34. The van der Waals surface area contributed by atoms with E-state index in [1.807, 2.05) is 0 Å². The monoisotopic (exact) mass is 290 g/mol. The van der Waals surface area contributed by atoms with Crippen molar-refractivity contribution in [3.05, 3.63) is 35.4 Å². The van der Waals surface area contributed by atoms with Gasteiger partial charge in [-0.15, -0.1) is 0 Å². The molecule has 2 rings (SSSR count). The molecule has 0 bridgehead atoms. The molecule has 1 fully saturated rings. The lowest BCUT2D eigenvalue weighted by atomic mass is 9.99. The Hall–Kier alpha value is -0.900. The smallest absolute Gasteiger partial charge is 0.0469 e. The highest BCUT2D eigenvalue weighted by molar-refractivity contribution is 5.24. The van der Waals surface area contributed by atoms with Gasteiger partial charge >= 0.3 is 0 Å². The zero-order valence-electron chi connectivity index (χ0n) is 13.8. The first-order valence-electron chi connectivity index (χ1n) is 8.25. The zero-order chi connectivity index (χ0) is 15.1. The van der Waals surface area contributed by atoms with E-state index in [0.29, 0.717) is 6.04 Å². The lowest BCUT2D eigenvalue weighted by Crippen LogP contribution is -2.36. The summed E-state index contributed by atoms with van der Waals surface area (Å²) < 4.78 is 5.45. The summed E-state index contributed by atoms with van der Waals surface area (Å²) in [5.41, 5.74) is 2.71. The Morgan fingerprint density at radius 1 is 1.24 bits per heavy atom. The third kappa shape index (κ3) is 5.42. The van der Waals surface area contributed by atoms with Gasteiger partial charge in [-0.2, -0.15) is 0 Å². The third-order valence-electron chi connectivity index (χ3n) is 4.34. The van der Waals surface area contributed by atoms with Gasteiger partial charge in [0.1, 0.15) is 0 Å². The number of hydrogen-bond acceptors (Lipinski definition) is 3. The average molecular weight is 290 g/mol. The van der Waals surface area contributed by atoms with Crippen molar-refractivity contribution in [2.45, 2.75) is 32.7 Å². The maximum Gasteiger partial charge on any atom is 0.0469 e. The summed E-state index contributed by atoms with van der Waals surface area (Å²) in [5, 5.41) is 3.62. The molecule has 0 aliphatic carbocycles. The van der Waals surface area contributed by atoms with Crippen LogP contribution in [0.25, 0.3) is 0 Å². The predicted octanol–water partition coefficient (Wildman–Crippen LogP) is 3.00. The molecule has 1 aromatic rings. The second-order valence-electron chi connectivity index (χ2n) is 6.30. The summed E-state index contributed by atoms with van der Waals surface area (Å²) in [4.78, 5) is 2.48. The molecular weight excluding hydrogens is 260 g/mol. The molecule has 0 radical (unpaired) electrons. The second-order valence-corrected chi connectivity index (χ2v) is 6.30. The fourth-order valence-corrected chi connectivity index (χ4v) is 3.09. The van der Waals surface area contributed by atoms with Crippen LogP contribution >= 0.6 is 0 Å². The van der Waals surface area contributed by atoms with Gasteiger partial charge < -0.3 is 15.0 Å². The quantitative estimate of drug-likeness (QED) is 0.835. The summed E-state index contributed by atoms with van der Waals surface area (Å²) in [7, 11) is 2.24. The Balaban J connectivity index is 1.90. The molecule has 1 aromatic carbocycles. The Labute approximate surface area is 129 Å². The standard InChI is InChI=1S/C18H30N2O/c1-4-19-18(17-7-5-15(2)6-8-17)14-20(3)13-16-9-11-21-12-10-16/h5-8,16,18-19H,4,9-14H2,1-3H3. The Kier molecular flexibility index (Phi) is 6.68. The van der Waals surface area contributed by atoms with Crippen LogP contribution in [0.2, 0.25) is 0 Å². The number of ether oxygens (including phenoxy) is 1. The van der Waals surface area contributed by atoms with E-state index in [2.05, 4.69) is 55.4 Å². The van der Waals surface area contributed by atoms with Crippen LogP contribution in [-0.2, 0) is 4.74 Å². The van der Waals surface area contributed by atoms with Crippen LogP contribution in [0.15, 0.2) is 24.3 Å². The molecule has 0 amide bonds. The van der Waals surface area contributed by atoms with Gasteiger partial charge in [0.05, 0.1) is 0 Å². The van der Waals surface area contributed by atoms with E-state index in [1.54, 1.807) is 0 Å². The Morgan fingerprint density at radius 3 is 2.52 bits per heavy atom. The van der Waals surface area contributed by atoms with Gasteiger partial charge in [0.25, 0.3) is 0 Å². The number of benzene rings is 1. The molecule has 1 unspecified atom stereocenters. The minimum Gasteiger partial charge on any atom is -0.381 e. The minimum atomic E-state index is 0.417. The Bertz CT molecular complexity index is 398. The van der Waals surface area contributed by atoms with E-state index in [1.165, 1.54) is 30.5 Å². The van der Waals surface area contributed by atoms with Gasteiger partial charge in [0.2, 0.25) is 0 Å². The molecule has 1 N–H and O–H groups in total. The maximum atomic E-state index is 5.45. The molecule has 1 atom stereocenters. The van der Waals surface area contributed by atoms with Gasteiger partial charge in [0.15, 0.2) is 0 Å². The van der Waals surface area contributed by atoms with Crippen LogP contribution in [0.4, 0.5) is 0 Å². The molecule has 1 aliphatic rings.